The van der Waals surface area contributed by atoms with Crippen LogP contribution in [0.25, 0.3) is 120 Å². The molecule has 0 saturated heterocycles. The van der Waals surface area contributed by atoms with Crippen molar-refractivity contribution in [2.75, 3.05) is 0 Å². The van der Waals surface area contributed by atoms with Crippen LogP contribution in [0.5, 0.6) is 0 Å². The second-order valence-electron chi connectivity index (χ2n) is 16.0. The van der Waals surface area contributed by atoms with Crippen LogP contribution in [0.1, 0.15) is 0 Å². The first-order chi connectivity index (χ1) is 31.2. The van der Waals surface area contributed by atoms with Crippen LogP contribution in [0.4, 0.5) is 0 Å². The topological polar surface area (TPSA) is 48.5 Å². The SMILES string of the molecule is c1ccc(-c2nc(-c3ccc(-n4c5ccccc5c5ccc6c7ccccc7n(-c7ccccc7)c6c54)cc3)nc(-c3ccc4c(c3)sc3cccc(-c5ccccc5)c34)n2)cc1. The molecule has 294 valence electrons. The maximum Gasteiger partial charge on any atom is 0.164 e. The van der Waals surface area contributed by atoms with E-state index in [0.29, 0.717) is 17.5 Å². The molecule has 63 heavy (non-hydrogen) atoms. The fourth-order valence-corrected chi connectivity index (χ4v) is 10.7. The summed E-state index contributed by atoms with van der Waals surface area (Å²) in [5.41, 5.74) is 12.2. The van der Waals surface area contributed by atoms with Gasteiger partial charge in [-0.1, -0.05) is 152 Å². The molecule has 0 aliphatic heterocycles. The first kappa shape index (κ1) is 35.6. The quantitative estimate of drug-likeness (QED) is 0.168. The molecule has 13 aromatic rings. The largest absolute Gasteiger partial charge is 0.307 e. The molecule has 4 aromatic heterocycles. The highest BCUT2D eigenvalue weighted by Crippen LogP contribution is 2.43. The van der Waals surface area contributed by atoms with E-state index < -0.39 is 0 Å². The monoisotopic (exact) mass is 821 g/mol. The molecule has 0 atom stereocenters. The fraction of sp³-hybridized carbons (Fsp3) is 0. The highest BCUT2D eigenvalue weighted by molar-refractivity contribution is 7.26. The molecule has 0 aliphatic rings. The van der Waals surface area contributed by atoms with Gasteiger partial charge in [-0.15, -0.1) is 11.3 Å². The molecule has 0 amide bonds. The Morgan fingerprint density at radius 2 is 0.794 bits per heavy atom. The van der Waals surface area contributed by atoms with E-state index in [1.54, 1.807) is 0 Å². The molecule has 0 spiro atoms. The minimum absolute atomic E-state index is 0.627. The average Bonchev–Trinajstić information content (AvgIpc) is 4.02. The Balaban J connectivity index is 0.978. The number of hydrogen-bond acceptors (Lipinski definition) is 4. The molecule has 6 heteroatoms. The van der Waals surface area contributed by atoms with Gasteiger partial charge in [0.25, 0.3) is 0 Å². The van der Waals surface area contributed by atoms with Crippen LogP contribution >= 0.6 is 11.3 Å². The maximum absolute atomic E-state index is 5.20. The van der Waals surface area contributed by atoms with Crippen molar-refractivity contribution in [1.82, 2.24) is 24.1 Å². The van der Waals surface area contributed by atoms with Gasteiger partial charge in [0.1, 0.15) is 0 Å². The van der Waals surface area contributed by atoms with Crippen molar-refractivity contribution in [3.8, 4) is 56.7 Å². The van der Waals surface area contributed by atoms with Crippen molar-refractivity contribution in [2.45, 2.75) is 0 Å². The number of rotatable bonds is 6. The van der Waals surface area contributed by atoms with Gasteiger partial charge in [-0.05, 0) is 71.8 Å². The van der Waals surface area contributed by atoms with E-state index in [0.717, 1.165) is 33.6 Å². The summed E-state index contributed by atoms with van der Waals surface area (Å²) < 4.78 is 7.31. The Morgan fingerprint density at radius 3 is 1.41 bits per heavy atom. The number of hydrogen-bond donors (Lipinski definition) is 0. The lowest BCUT2D eigenvalue weighted by molar-refractivity contribution is 1.07. The smallest absolute Gasteiger partial charge is 0.164 e. The summed E-state index contributed by atoms with van der Waals surface area (Å²) in [5, 5.41) is 7.39. The van der Waals surface area contributed by atoms with Crippen LogP contribution in [0.15, 0.2) is 212 Å². The Labute approximate surface area is 366 Å². The van der Waals surface area contributed by atoms with Crippen LogP contribution in [-0.4, -0.2) is 24.1 Å². The summed E-state index contributed by atoms with van der Waals surface area (Å²) in [5.74, 6) is 1.91. The van der Waals surface area contributed by atoms with E-state index in [-0.39, 0.29) is 0 Å². The molecule has 13 rings (SSSR count). The second-order valence-corrected chi connectivity index (χ2v) is 17.1. The zero-order chi connectivity index (χ0) is 41.4. The third-order valence-electron chi connectivity index (χ3n) is 12.4. The van der Waals surface area contributed by atoms with E-state index in [4.69, 9.17) is 15.0 Å². The molecule has 0 fully saturated rings. The van der Waals surface area contributed by atoms with Crippen molar-refractivity contribution in [3.63, 3.8) is 0 Å². The predicted octanol–water partition coefficient (Wildman–Crippen LogP) is 15.1. The van der Waals surface area contributed by atoms with Crippen molar-refractivity contribution in [3.05, 3.63) is 212 Å². The zero-order valence-corrected chi connectivity index (χ0v) is 34.7. The molecule has 0 aliphatic carbocycles. The summed E-state index contributed by atoms with van der Waals surface area (Å²) in [6.45, 7) is 0. The third-order valence-corrected chi connectivity index (χ3v) is 13.5. The van der Waals surface area contributed by atoms with E-state index >= 15 is 0 Å². The Kier molecular flexibility index (Phi) is 8.01. The lowest BCUT2D eigenvalue weighted by Gasteiger charge is -2.13. The van der Waals surface area contributed by atoms with Crippen LogP contribution in [0, 0.1) is 0 Å². The number of aromatic nitrogens is 5. The average molecular weight is 822 g/mol. The lowest BCUT2D eigenvalue weighted by atomic mass is 9.99. The zero-order valence-electron chi connectivity index (χ0n) is 33.9. The Hall–Kier alpha value is -8.19. The summed E-state index contributed by atoms with van der Waals surface area (Å²) in [6, 6.07) is 75.5. The van der Waals surface area contributed by atoms with E-state index in [9.17, 15) is 0 Å². The molecule has 0 saturated carbocycles. The third kappa shape index (κ3) is 5.66. The molecule has 0 unspecified atom stereocenters. The van der Waals surface area contributed by atoms with Crippen molar-refractivity contribution in [1.29, 1.82) is 0 Å². The first-order valence-corrected chi connectivity index (χ1v) is 22.0. The summed E-state index contributed by atoms with van der Waals surface area (Å²) in [6.07, 6.45) is 0. The van der Waals surface area contributed by atoms with E-state index in [1.807, 2.05) is 29.5 Å². The molecular weight excluding hydrogens is 787 g/mol. The molecule has 5 nitrogen and oxygen atoms in total. The van der Waals surface area contributed by atoms with Crippen LogP contribution < -0.4 is 0 Å². The normalized spacial score (nSPS) is 11.8. The Morgan fingerprint density at radius 1 is 0.317 bits per heavy atom. The summed E-state index contributed by atoms with van der Waals surface area (Å²) in [7, 11) is 0. The van der Waals surface area contributed by atoms with Crippen molar-refractivity contribution >= 4 is 75.1 Å². The number of benzene rings is 9. The molecule has 4 heterocycles. The number of para-hydroxylation sites is 3. The van der Waals surface area contributed by atoms with Gasteiger partial charge in [0, 0.05) is 69.8 Å². The minimum atomic E-state index is 0.627. The summed E-state index contributed by atoms with van der Waals surface area (Å²) >= 11 is 1.81. The number of thiophene rings is 1. The minimum Gasteiger partial charge on any atom is -0.307 e. The van der Waals surface area contributed by atoms with Crippen LogP contribution in [-0.2, 0) is 0 Å². The van der Waals surface area contributed by atoms with Gasteiger partial charge in [-0.3, -0.25) is 0 Å². The second kappa shape index (κ2) is 14.2. The van der Waals surface area contributed by atoms with Gasteiger partial charge < -0.3 is 9.13 Å². The number of fused-ring (bicyclic) bond motifs is 10. The first-order valence-electron chi connectivity index (χ1n) is 21.2. The highest BCUT2D eigenvalue weighted by Gasteiger charge is 2.22. The standard InChI is InChI=1S/C57H35N5S/c1-4-15-36(16-5-1)42-23-14-26-50-52(42)47-32-29-39(35-51(47)63-50)57-59-55(37-17-6-2-7-18-37)58-56(60-57)38-27-30-41(31-28-38)62-49-25-13-11-22-44(49)46-34-33-45-43-21-10-12-24-48(43)61(53(45)54(46)62)40-19-8-3-9-20-40/h1-35H. The van der Waals surface area contributed by atoms with Crippen LogP contribution in [0.3, 0.4) is 0 Å². The van der Waals surface area contributed by atoms with Crippen LogP contribution in [0.2, 0.25) is 0 Å². The van der Waals surface area contributed by atoms with Gasteiger partial charge in [0.2, 0.25) is 0 Å². The Bertz CT molecular complexity index is 3890. The van der Waals surface area contributed by atoms with Crippen molar-refractivity contribution in [2.24, 2.45) is 0 Å². The fourth-order valence-electron chi connectivity index (χ4n) is 9.55. The van der Waals surface area contributed by atoms with E-state index in [2.05, 4.69) is 203 Å². The molecule has 9 aromatic carbocycles. The predicted molar refractivity (Wildman–Crippen MR) is 263 cm³/mol. The molecule has 0 radical (unpaired) electrons. The number of nitrogens with zero attached hydrogens (tertiary/aromatic N) is 5. The summed E-state index contributed by atoms with van der Waals surface area (Å²) in [4.78, 5) is 15.4. The molecule has 0 bridgehead atoms. The van der Waals surface area contributed by atoms with E-state index in [1.165, 1.54) is 69.4 Å². The van der Waals surface area contributed by atoms with Crippen molar-refractivity contribution < 1.29 is 0 Å². The highest BCUT2D eigenvalue weighted by atomic mass is 32.1. The lowest BCUT2D eigenvalue weighted by Crippen LogP contribution is -2.01. The van der Waals surface area contributed by atoms with Gasteiger partial charge in [-0.2, -0.15) is 0 Å². The van der Waals surface area contributed by atoms with Gasteiger partial charge in [-0.25, -0.2) is 15.0 Å². The maximum atomic E-state index is 5.20. The van der Waals surface area contributed by atoms with Gasteiger partial charge in [0.05, 0.1) is 22.1 Å². The molecule has 0 N–H and O–H groups in total. The van der Waals surface area contributed by atoms with Gasteiger partial charge >= 0.3 is 0 Å². The molecular formula is C57H35N5S. The van der Waals surface area contributed by atoms with Gasteiger partial charge in [0.15, 0.2) is 17.5 Å².